The largest absolute Gasteiger partial charge is 0.380 e. The van der Waals surface area contributed by atoms with Gasteiger partial charge in [0.05, 0.1) is 35.5 Å². The van der Waals surface area contributed by atoms with E-state index in [1.807, 2.05) is 92.2 Å². The molecule has 0 bridgehead atoms. The lowest BCUT2D eigenvalue weighted by atomic mass is 9.78. The molecule has 0 spiro atoms. The zero-order chi connectivity index (χ0) is 26.1. The van der Waals surface area contributed by atoms with Crippen molar-refractivity contribution in [3.8, 4) is 0 Å². The molecule has 0 aliphatic heterocycles. The molecule has 0 N–H and O–H groups in total. The van der Waals surface area contributed by atoms with E-state index in [2.05, 4.69) is 21.9 Å². The maximum atomic E-state index is 12.9. The SMILES string of the molecule is C=Nc1ccc(C(N=O)(C(/C=C\C)=C/CC)c2cncn2C)cc1/C(Cl)=C(\COC)c1ccccc1. The highest BCUT2D eigenvalue weighted by Crippen LogP contribution is 2.45. The van der Waals surface area contributed by atoms with Gasteiger partial charge in [0.1, 0.15) is 0 Å². The molecule has 0 saturated heterocycles. The van der Waals surface area contributed by atoms with Crippen LogP contribution in [0, 0.1) is 4.91 Å². The molecule has 1 unspecified atom stereocenters. The lowest BCUT2D eigenvalue weighted by molar-refractivity contribution is 0.240. The van der Waals surface area contributed by atoms with Crippen molar-refractivity contribution in [2.24, 2.45) is 17.2 Å². The predicted octanol–water partition coefficient (Wildman–Crippen LogP) is 7.43. The second kappa shape index (κ2) is 12.4. The average molecular weight is 503 g/mol. The minimum absolute atomic E-state index is 0.294. The molecule has 186 valence electrons. The molecule has 1 atom stereocenters. The van der Waals surface area contributed by atoms with E-state index in [0.29, 0.717) is 34.1 Å². The summed E-state index contributed by atoms with van der Waals surface area (Å²) >= 11 is 7.05. The van der Waals surface area contributed by atoms with Crippen molar-refractivity contribution in [2.45, 2.75) is 25.8 Å². The summed E-state index contributed by atoms with van der Waals surface area (Å²) in [5.41, 5.74) is 3.62. The number of aryl methyl sites for hydroxylation is 1. The standard InChI is InChI=1S/C29H31ClN4O2/c1-6-11-22(12-7-2)29(33-35,27-18-32-20-34(27)4)23-15-16-26(31-3)24(17-23)28(30)25(19-36-5)21-13-9-8-10-14-21/h6,8-18,20H,3,7,19H2,1-2,4-5H3/b11-6-,22-12+,28-25-. The third kappa shape index (κ3) is 5.15. The molecular weight excluding hydrogens is 472 g/mol. The zero-order valence-corrected chi connectivity index (χ0v) is 21.9. The number of nitrogens with zero attached hydrogens (tertiary/aromatic N) is 4. The molecule has 3 rings (SSSR count). The molecule has 0 amide bonds. The Hall–Kier alpha value is -3.61. The molecule has 0 aliphatic rings. The van der Waals surface area contributed by atoms with Crippen molar-refractivity contribution >= 4 is 34.6 Å². The summed E-state index contributed by atoms with van der Waals surface area (Å²) in [5, 5.41) is 4.23. The molecule has 1 heterocycles. The van der Waals surface area contributed by atoms with Crippen LogP contribution in [0.2, 0.25) is 0 Å². The normalized spacial score (nSPS) is 14.4. The third-order valence-corrected chi connectivity index (χ3v) is 6.44. The molecule has 0 saturated carbocycles. The number of methoxy groups -OCH3 is 1. The van der Waals surface area contributed by atoms with Crippen LogP contribution in [0.3, 0.4) is 0 Å². The summed E-state index contributed by atoms with van der Waals surface area (Å²) in [6.07, 6.45) is 9.87. The summed E-state index contributed by atoms with van der Waals surface area (Å²) in [6, 6.07) is 15.3. The lowest BCUT2D eigenvalue weighted by Gasteiger charge is -2.30. The number of aliphatic imine (C=N–C) groups is 1. The molecule has 1 aromatic heterocycles. The quantitative estimate of drug-likeness (QED) is 0.118. The number of ether oxygens (including phenoxy) is 1. The molecular formula is C29H31ClN4O2. The van der Waals surface area contributed by atoms with Crippen LogP contribution in [0.15, 0.2) is 95.0 Å². The monoisotopic (exact) mass is 502 g/mol. The van der Waals surface area contributed by atoms with Crippen LogP contribution in [0.1, 0.15) is 42.7 Å². The van der Waals surface area contributed by atoms with Crippen LogP contribution in [-0.4, -0.2) is 30.0 Å². The Morgan fingerprint density at radius 2 is 2.00 bits per heavy atom. The number of imidazole rings is 1. The maximum Gasteiger partial charge on any atom is 0.193 e. The Balaban J connectivity index is 2.40. The second-order valence-corrected chi connectivity index (χ2v) is 8.62. The zero-order valence-electron chi connectivity index (χ0n) is 21.1. The number of halogens is 1. The van der Waals surface area contributed by atoms with Gasteiger partial charge in [-0.2, -0.15) is 0 Å². The Morgan fingerprint density at radius 1 is 1.25 bits per heavy atom. The highest BCUT2D eigenvalue weighted by atomic mass is 35.5. The first-order chi connectivity index (χ1) is 17.5. The summed E-state index contributed by atoms with van der Waals surface area (Å²) in [5.74, 6) is 0. The summed E-state index contributed by atoms with van der Waals surface area (Å²) < 4.78 is 7.29. The molecule has 3 aromatic rings. The van der Waals surface area contributed by atoms with E-state index >= 15 is 0 Å². The first kappa shape index (κ1) is 27.0. The van der Waals surface area contributed by atoms with E-state index in [1.165, 1.54) is 0 Å². The van der Waals surface area contributed by atoms with Gasteiger partial charge in [0, 0.05) is 25.3 Å². The summed E-state index contributed by atoms with van der Waals surface area (Å²) in [7, 11) is 3.47. The Kier molecular flexibility index (Phi) is 9.28. The van der Waals surface area contributed by atoms with Crippen LogP contribution < -0.4 is 0 Å². The third-order valence-electron chi connectivity index (χ3n) is 6.01. The molecule has 7 heteroatoms. The fourth-order valence-electron chi connectivity index (χ4n) is 4.35. The topological polar surface area (TPSA) is 68.8 Å². The number of hydrogen-bond acceptors (Lipinski definition) is 5. The van der Waals surface area contributed by atoms with Crippen molar-refractivity contribution in [2.75, 3.05) is 13.7 Å². The number of rotatable bonds is 11. The minimum atomic E-state index is -1.35. The van der Waals surface area contributed by atoms with Gasteiger partial charge in [-0.05, 0) is 54.1 Å². The second-order valence-electron chi connectivity index (χ2n) is 8.24. The lowest BCUT2D eigenvalue weighted by Crippen LogP contribution is -2.29. The number of aromatic nitrogens is 2. The van der Waals surface area contributed by atoms with E-state index in [-0.39, 0.29) is 0 Å². The number of hydrogen-bond donors (Lipinski definition) is 0. The van der Waals surface area contributed by atoms with Gasteiger partial charge in [-0.3, -0.25) is 4.99 Å². The summed E-state index contributed by atoms with van der Waals surface area (Å²) in [4.78, 5) is 21.4. The van der Waals surface area contributed by atoms with Gasteiger partial charge in [0.25, 0.3) is 0 Å². The van der Waals surface area contributed by atoms with Crippen LogP contribution >= 0.6 is 11.6 Å². The van der Waals surface area contributed by atoms with Gasteiger partial charge in [0.2, 0.25) is 0 Å². The van der Waals surface area contributed by atoms with E-state index in [4.69, 9.17) is 16.3 Å². The van der Waals surface area contributed by atoms with Crippen LogP contribution in [0.5, 0.6) is 0 Å². The van der Waals surface area contributed by atoms with Crippen molar-refractivity contribution < 1.29 is 4.74 Å². The van der Waals surface area contributed by atoms with E-state index in [1.54, 1.807) is 19.6 Å². The van der Waals surface area contributed by atoms with Gasteiger partial charge in [-0.15, -0.1) is 4.91 Å². The fourth-order valence-corrected chi connectivity index (χ4v) is 4.67. The molecule has 0 radical (unpaired) electrons. The van der Waals surface area contributed by atoms with Gasteiger partial charge in [-0.25, -0.2) is 4.98 Å². The smallest absolute Gasteiger partial charge is 0.193 e. The average Bonchev–Trinajstić information content (AvgIpc) is 3.34. The van der Waals surface area contributed by atoms with E-state index < -0.39 is 5.54 Å². The number of benzene rings is 2. The Morgan fingerprint density at radius 3 is 2.56 bits per heavy atom. The molecule has 2 aromatic carbocycles. The summed E-state index contributed by atoms with van der Waals surface area (Å²) in [6.45, 7) is 7.97. The first-order valence-corrected chi connectivity index (χ1v) is 12.0. The van der Waals surface area contributed by atoms with Crippen LogP contribution in [0.4, 0.5) is 5.69 Å². The van der Waals surface area contributed by atoms with Crippen molar-refractivity contribution in [1.82, 2.24) is 9.55 Å². The minimum Gasteiger partial charge on any atom is -0.380 e. The number of nitroso groups, excluding NO2 is 1. The first-order valence-electron chi connectivity index (χ1n) is 11.7. The Labute approximate surface area is 217 Å². The molecule has 36 heavy (non-hydrogen) atoms. The highest BCUT2D eigenvalue weighted by Gasteiger charge is 2.42. The molecule has 0 fully saturated rings. The van der Waals surface area contributed by atoms with Gasteiger partial charge in [0.15, 0.2) is 5.54 Å². The fraction of sp³-hybridized carbons (Fsp3) is 0.241. The van der Waals surface area contributed by atoms with Crippen LogP contribution in [-0.2, 0) is 17.3 Å². The van der Waals surface area contributed by atoms with Gasteiger partial charge < -0.3 is 9.30 Å². The van der Waals surface area contributed by atoms with Crippen molar-refractivity contribution in [1.29, 1.82) is 0 Å². The van der Waals surface area contributed by atoms with Gasteiger partial charge in [-0.1, -0.05) is 73.2 Å². The van der Waals surface area contributed by atoms with E-state index in [0.717, 1.165) is 23.1 Å². The molecule has 0 aliphatic carbocycles. The number of allylic oxidation sites excluding steroid dienone is 2. The van der Waals surface area contributed by atoms with Crippen molar-refractivity contribution in [3.63, 3.8) is 0 Å². The molecule has 6 nitrogen and oxygen atoms in total. The van der Waals surface area contributed by atoms with E-state index in [9.17, 15) is 4.91 Å². The highest BCUT2D eigenvalue weighted by molar-refractivity contribution is 6.53. The van der Waals surface area contributed by atoms with Crippen LogP contribution in [0.25, 0.3) is 10.6 Å². The van der Waals surface area contributed by atoms with Crippen molar-refractivity contribution in [3.05, 3.63) is 112 Å². The Bertz CT molecular complexity index is 1310. The maximum absolute atomic E-state index is 12.9. The van der Waals surface area contributed by atoms with Gasteiger partial charge >= 0.3 is 0 Å². The predicted molar refractivity (Wildman–Crippen MR) is 150 cm³/mol.